The maximum Gasteiger partial charge on any atom is 0.114 e. The van der Waals surface area contributed by atoms with Crippen molar-refractivity contribution in [2.45, 2.75) is 0 Å². The fraction of sp³-hybridized carbons (Fsp3) is 0.200. The smallest absolute Gasteiger partial charge is 0.114 e. The molecule has 0 aliphatic carbocycles. The molecule has 0 N–H and O–H groups in total. The zero-order valence-corrected chi connectivity index (χ0v) is 8.51. The normalized spacial score (nSPS) is 12.9. The molecule has 0 spiro atoms. The van der Waals surface area contributed by atoms with Gasteiger partial charge in [0.25, 0.3) is 0 Å². The molecule has 0 fully saturated rings. The van der Waals surface area contributed by atoms with Crippen LogP contribution in [0.5, 0.6) is 0 Å². The predicted octanol–water partition coefficient (Wildman–Crippen LogP) is 1.10. The number of hydrogen-bond donors (Lipinski definition) is 0. The molecule has 0 aromatic heterocycles. The minimum absolute atomic E-state index is 0.171. The molecule has 0 radical (unpaired) electrons. The summed E-state index contributed by atoms with van der Waals surface area (Å²) in [5.41, 5.74) is 0.582. The monoisotopic (exact) mass is 196 g/mol. The Morgan fingerprint density at radius 2 is 1.85 bits per heavy atom. The zero-order valence-electron chi connectivity index (χ0n) is 7.69. The molecule has 0 saturated carbocycles. The molecular weight excluding hydrogens is 184 g/mol. The average Bonchev–Trinajstić information content (AvgIpc) is 2.03. The van der Waals surface area contributed by atoms with Crippen molar-refractivity contribution in [2.75, 3.05) is 12.5 Å². The first-order valence-electron chi connectivity index (χ1n) is 3.87. The van der Waals surface area contributed by atoms with Gasteiger partial charge in [0.2, 0.25) is 0 Å². The van der Waals surface area contributed by atoms with Gasteiger partial charge in [-0.2, -0.15) is 0 Å². The summed E-state index contributed by atoms with van der Waals surface area (Å²) in [6.45, 7) is 0. The van der Waals surface area contributed by atoms with Gasteiger partial charge in [-0.1, -0.05) is 36.1 Å². The van der Waals surface area contributed by atoms with Crippen molar-refractivity contribution in [3.8, 4) is 0 Å². The highest BCUT2D eigenvalue weighted by Crippen LogP contribution is 2.10. The van der Waals surface area contributed by atoms with Crippen LogP contribution in [0.1, 0.15) is 5.56 Å². The fourth-order valence-corrected chi connectivity index (χ4v) is 1.58. The molecule has 0 saturated heterocycles. The molecule has 13 heavy (non-hydrogen) atoms. The first kappa shape index (κ1) is 9.99. The van der Waals surface area contributed by atoms with Crippen molar-refractivity contribution in [3.05, 3.63) is 41.3 Å². The molecule has 3 heteroatoms. The van der Waals surface area contributed by atoms with Crippen LogP contribution in [0, 0.1) is 0 Å². The minimum Gasteiger partial charge on any atom is -0.869 e. The molecular formula is C10H12O2S. The lowest BCUT2D eigenvalue weighted by molar-refractivity contribution is -0.243. The molecule has 1 aromatic rings. The summed E-state index contributed by atoms with van der Waals surface area (Å²) in [4.78, 5) is 0. The molecule has 1 aromatic carbocycles. The first-order valence-corrected chi connectivity index (χ1v) is 6.31. The summed E-state index contributed by atoms with van der Waals surface area (Å²) in [5.74, 6) is -0.171. The molecule has 0 aliphatic rings. The van der Waals surface area contributed by atoms with Crippen LogP contribution >= 0.6 is 0 Å². The fourth-order valence-electron chi connectivity index (χ4n) is 0.928. The molecule has 1 rings (SSSR count). The molecule has 2 nitrogen and oxygen atoms in total. The molecule has 0 amide bonds. The summed E-state index contributed by atoms with van der Waals surface area (Å²) in [6, 6.07) is 8.84. The van der Waals surface area contributed by atoms with E-state index in [0.29, 0.717) is 5.56 Å². The van der Waals surface area contributed by atoms with Crippen molar-refractivity contribution in [3.63, 3.8) is 0 Å². The second kappa shape index (κ2) is 3.75. The molecule has 0 aliphatic heterocycles. The van der Waals surface area contributed by atoms with Crippen molar-refractivity contribution in [1.29, 1.82) is 0 Å². The van der Waals surface area contributed by atoms with Crippen LogP contribution in [0.15, 0.2) is 35.7 Å². The van der Waals surface area contributed by atoms with Crippen LogP contribution in [0.4, 0.5) is 0 Å². The van der Waals surface area contributed by atoms with Gasteiger partial charge in [0.15, 0.2) is 0 Å². The second-order valence-corrected chi connectivity index (χ2v) is 6.01. The predicted molar refractivity (Wildman–Crippen MR) is 54.3 cm³/mol. The summed E-state index contributed by atoms with van der Waals surface area (Å²) in [7, 11) is -2.10. The van der Waals surface area contributed by atoms with Crippen LogP contribution in [0.25, 0.3) is 5.76 Å². The Labute approximate surface area is 79.3 Å². The van der Waals surface area contributed by atoms with E-state index in [1.807, 2.05) is 6.07 Å². The lowest BCUT2D eigenvalue weighted by atomic mass is 10.2. The van der Waals surface area contributed by atoms with Crippen LogP contribution < -0.4 is 5.11 Å². The van der Waals surface area contributed by atoms with Gasteiger partial charge < -0.3 is 5.11 Å². The summed E-state index contributed by atoms with van der Waals surface area (Å²) in [5, 5.41) is 12.7. The Kier molecular flexibility index (Phi) is 2.88. The molecule has 0 heterocycles. The first-order chi connectivity index (χ1) is 5.99. The Balaban J connectivity index is 2.99. The summed E-state index contributed by atoms with van der Waals surface area (Å²) in [6.07, 6.45) is 3.10. The molecule has 70 valence electrons. The van der Waals surface area contributed by atoms with E-state index >= 15 is 0 Å². The highest BCUT2D eigenvalue weighted by atomic mass is 32.2. The van der Waals surface area contributed by atoms with Gasteiger partial charge in [-0.3, -0.25) is 0 Å². The van der Waals surface area contributed by atoms with Gasteiger partial charge in [-0.25, -0.2) is 0 Å². The van der Waals surface area contributed by atoms with E-state index < -0.39 is 9.93 Å². The van der Waals surface area contributed by atoms with Gasteiger partial charge in [0.1, 0.15) is 27.9 Å². The van der Waals surface area contributed by atoms with Crippen molar-refractivity contribution < 1.29 is 9.32 Å². The van der Waals surface area contributed by atoms with Gasteiger partial charge in [-0.05, 0) is 5.56 Å². The lowest BCUT2D eigenvalue weighted by Gasteiger charge is -2.09. The third-order valence-electron chi connectivity index (χ3n) is 1.45. The quantitative estimate of drug-likeness (QED) is 0.525. The number of benzene rings is 1. The Morgan fingerprint density at radius 1 is 1.31 bits per heavy atom. The van der Waals surface area contributed by atoms with Gasteiger partial charge in [0, 0.05) is 0 Å². The average molecular weight is 196 g/mol. The Bertz CT molecular complexity index is 348. The second-order valence-electron chi connectivity index (χ2n) is 3.16. The summed E-state index contributed by atoms with van der Waals surface area (Å²) < 4.78 is 11.3. The van der Waals surface area contributed by atoms with E-state index in [0.717, 1.165) is 0 Å². The summed E-state index contributed by atoms with van der Waals surface area (Å²) >= 11 is 0. The Hall–Kier alpha value is -1.09. The highest BCUT2D eigenvalue weighted by Gasteiger charge is 2.06. The molecule has 0 bridgehead atoms. The van der Waals surface area contributed by atoms with Crippen LogP contribution in [-0.2, 0) is 14.1 Å². The molecule has 0 atom stereocenters. The molecule has 0 unspecified atom stereocenters. The van der Waals surface area contributed by atoms with Crippen molar-refractivity contribution in [2.24, 2.45) is 0 Å². The van der Waals surface area contributed by atoms with Gasteiger partial charge >= 0.3 is 0 Å². The number of rotatable bonds is 2. The largest absolute Gasteiger partial charge is 0.869 e. The van der Waals surface area contributed by atoms with Crippen molar-refractivity contribution in [1.82, 2.24) is 0 Å². The van der Waals surface area contributed by atoms with Crippen molar-refractivity contribution >= 4 is 15.7 Å². The lowest BCUT2D eigenvalue weighted by Crippen LogP contribution is -2.08. The van der Waals surface area contributed by atoms with E-state index in [9.17, 15) is 9.32 Å². The zero-order chi connectivity index (χ0) is 9.90. The van der Waals surface area contributed by atoms with E-state index in [2.05, 4.69) is 0 Å². The third kappa shape index (κ3) is 3.42. The van der Waals surface area contributed by atoms with E-state index in [4.69, 9.17) is 0 Å². The van der Waals surface area contributed by atoms with Gasteiger partial charge in [-0.15, -0.1) is 4.21 Å². The van der Waals surface area contributed by atoms with E-state index in [1.54, 1.807) is 36.8 Å². The van der Waals surface area contributed by atoms with E-state index in [1.165, 1.54) is 5.41 Å². The standard InChI is InChI=1S/C10H12O2S/c1-13(2,12)8-10(11)9-6-4-3-5-7-9/h3-8H,1-2H3. The number of hydrogen-bond acceptors (Lipinski definition) is 2. The van der Waals surface area contributed by atoms with Gasteiger partial charge in [0.05, 0.1) is 0 Å². The van der Waals surface area contributed by atoms with Crippen LogP contribution in [-0.4, -0.2) is 12.5 Å². The van der Waals surface area contributed by atoms with Crippen LogP contribution in [0.3, 0.4) is 0 Å². The van der Waals surface area contributed by atoms with E-state index in [-0.39, 0.29) is 5.76 Å². The Morgan fingerprint density at radius 3 is 2.31 bits per heavy atom. The maximum absolute atomic E-state index is 11.4. The maximum atomic E-state index is 11.4. The minimum atomic E-state index is -2.10. The van der Waals surface area contributed by atoms with Crippen LogP contribution in [0.2, 0.25) is 0 Å². The third-order valence-corrected chi connectivity index (χ3v) is 2.23. The topological polar surface area (TPSA) is 40.1 Å². The highest BCUT2D eigenvalue weighted by molar-refractivity contribution is 8.04. The SMILES string of the molecule is C[S+](C)(=O)/C=C(\[O-])c1ccccc1.